The van der Waals surface area contributed by atoms with Gasteiger partial charge in [0.2, 0.25) is 0 Å². The molecule has 0 aliphatic heterocycles. The van der Waals surface area contributed by atoms with E-state index in [0.717, 1.165) is 17.8 Å². The van der Waals surface area contributed by atoms with E-state index in [9.17, 15) is 13.2 Å². The van der Waals surface area contributed by atoms with Gasteiger partial charge in [0.15, 0.2) is 5.82 Å². The normalized spacial score (nSPS) is 11.6. The topological polar surface area (TPSA) is 25.8 Å². The van der Waals surface area contributed by atoms with E-state index in [4.69, 9.17) is 11.6 Å². The van der Waals surface area contributed by atoms with Crippen molar-refractivity contribution in [2.75, 3.05) is 0 Å². The quantitative estimate of drug-likeness (QED) is 0.775. The molecule has 0 radical (unpaired) electrons. The van der Waals surface area contributed by atoms with Crippen LogP contribution in [0.1, 0.15) is 11.3 Å². The molecule has 0 saturated heterocycles. The van der Waals surface area contributed by atoms with Crippen LogP contribution in [0.3, 0.4) is 0 Å². The summed E-state index contributed by atoms with van der Waals surface area (Å²) in [5.41, 5.74) is 0.455. The number of hydrogen-bond acceptors (Lipinski definition) is 2. The summed E-state index contributed by atoms with van der Waals surface area (Å²) in [6.07, 6.45) is -3.37. The zero-order valence-electron chi connectivity index (χ0n) is 9.08. The third-order valence-electron chi connectivity index (χ3n) is 2.31. The van der Waals surface area contributed by atoms with Gasteiger partial charge in [0, 0.05) is 17.6 Å². The van der Waals surface area contributed by atoms with Crippen LogP contribution in [0.5, 0.6) is 0 Å². The van der Waals surface area contributed by atoms with Crippen molar-refractivity contribution in [3.8, 4) is 11.4 Å². The van der Waals surface area contributed by atoms with Gasteiger partial charge in [-0.3, -0.25) is 0 Å². The summed E-state index contributed by atoms with van der Waals surface area (Å²) in [6.45, 7) is 0. The van der Waals surface area contributed by atoms with Crippen LogP contribution in [0.4, 0.5) is 13.2 Å². The lowest BCUT2D eigenvalue weighted by Crippen LogP contribution is -2.08. The standard InChI is InChI=1S/C12H8ClF3N2/c13-7-8-1-3-9(4-2-8)11-17-6-5-10(18-11)12(14,15)16/h1-6H,7H2. The number of halogens is 4. The Kier molecular flexibility index (Phi) is 3.52. The van der Waals surface area contributed by atoms with Gasteiger partial charge in [-0.05, 0) is 11.6 Å². The van der Waals surface area contributed by atoms with Crippen molar-refractivity contribution >= 4 is 11.6 Å². The van der Waals surface area contributed by atoms with Gasteiger partial charge in [-0.15, -0.1) is 11.6 Å². The average molecular weight is 273 g/mol. The van der Waals surface area contributed by atoms with Crippen LogP contribution >= 0.6 is 11.6 Å². The average Bonchev–Trinajstić information content (AvgIpc) is 2.38. The second kappa shape index (κ2) is 4.94. The first-order valence-electron chi connectivity index (χ1n) is 5.06. The number of rotatable bonds is 2. The highest BCUT2D eigenvalue weighted by atomic mass is 35.5. The van der Waals surface area contributed by atoms with Crippen molar-refractivity contribution in [3.63, 3.8) is 0 Å². The molecule has 0 N–H and O–H groups in total. The maximum absolute atomic E-state index is 12.5. The molecule has 1 aromatic heterocycles. The summed E-state index contributed by atoms with van der Waals surface area (Å²) in [7, 11) is 0. The first kappa shape index (κ1) is 12.8. The van der Waals surface area contributed by atoms with E-state index in [1.807, 2.05) is 0 Å². The van der Waals surface area contributed by atoms with Crippen molar-refractivity contribution in [2.45, 2.75) is 12.1 Å². The Hall–Kier alpha value is -1.62. The maximum atomic E-state index is 12.5. The third-order valence-corrected chi connectivity index (χ3v) is 2.62. The zero-order chi connectivity index (χ0) is 13.2. The summed E-state index contributed by atoms with van der Waals surface area (Å²) in [5, 5.41) is 0. The van der Waals surface area contributed by atoms with Crippen LogP contribution < -0.4 is 0 Å². The van der Waals surface area contributed by atoms with Crippen LogP contribution in [0.25, 0.3) is 11.4 Å². The van der Waals surface area contributed by atoms with Crippen molar-refractivity contribution in [1.82, 2.24) is 9.97 Å². The van der Waals surface area contributed by atoms with Gasteiger partial charge in [0.05, 0.1) is 0 Å². The van der Waals surface area contributed by atoms with Gasteiger partial charge in [-0.25, -0.2) is 9.97 Å². The lowest BCUT2D eigenvalue weighted by Gasteiger charge is -2.07. The molecule has 0 bridgehead atoms. The molecule has 2 rings (SSSR count). The highest BCUT2D eigenvalue weighted by Gasteiger charge is 2.32. The minimum Gasteiger partial charge on any atom is -0.237 e. The fourth-order valence-corrected chi connectivity index (χ4v) is 1.58. The van der Waals surface area contributed by atoms with Crippen LogP contribution in [-0.4, -0.2) is 9.97 Å². The van der Waals surface area contributed by atoms with Crippen molar-refractivity contribution in [1.29, 1.82) is 0 Å². The van der Waals surface area contributed by atoms with Crippen LogP contribution in [-0.2, 0) is 12.1 Å². The summed E-state index contributed by atoms with van der Waals surface area (Å²) >= 11 is 5.63. The first-order valence-corrected chi connectivity index (χ1v) is 5.59. The molecular weight excluding hydrogens is 265 g/mol. The minimum absolute atomic E-state index is 0.0472. The Morgan fingerprint density at radius 1 is 1.06 bits per heavy atom. The lowest BCUT2D eigenvalue weighted by atomic mass is 10.1. The highest BCUT2D eigenvalue weighted by Crippen LogP contribution is 2.28. The van der Waals surface area contributed by atoms with E-state index in [2.05, 4.69) is 9.97 Å². The minimum atomic E-state index is -4.46. The van der Waals surface area contributed by atoms with E-state index in [0.29, 0.717) is 11.4 Å². The fourth-order valence-electron chi connectivity index (χ4n) is 1.40. The highest BCUT2D eigenvalue weighted by molar-refractivity contribution is 6.17. The Labute approximate surface area is 106 Å². The first-order chi connectivity index (χ1) is 8.50. The molecule has 2 aromatic rings. The van der Waals surface area contributed by atoms with Crippen molar-refractivity contribution < 1.29 is 13.2 Å². The predicted molar refractivity (Wildman–Crippen MR) is 62.0 cm³/mol. The molecule has 0 atom stereocenters. The van der Waals surface area contributed by atoms with E-state index in [1.165, 1.54) is 0 Å². The number of alkyl halides is 4. The largest absolute Gasteiger partial charge is 0.433 e. The van der Waals surface area contributed by atoms with Gasteiger partial charge < -0.3 is 0 Å². The Morgan fingerprint density at radius 2 is 1.72 bits per heavy atom. The monoisotopic (exact) mass is 272 g/mol. The number of aromatic nitrogens is 2. The molecule has 0 unspecified atom stereocenters. The number of nitrogens with zero attached hydrogens (tertiary/aromatic N) is 2. The second-order valence-corrected chi connectivity index (χ2v) is 3.86. The smallest absolute Gasteiger partial charge is 0.237 e. The van der Waals surface area contributed by atoms with Crippen LogP contribution in [0.15, 0.2) is 36.5 Å². The molecule has 1 heterocycles. The van der Waals surface area contributed by atoms with E-state index < -0.39 is 11.9 Å². The molecule has 18 heavy (non-hydrogen) atoms. The SMILES string of the molecule is FC(F)(F)c1ccnc(-c2ccc(CCl)cc2)n1. The Morgan fingerprint density at radius 3 is 2.28 bits per heavy atom. The van der Waals surface area contributed by atoms with Crippen LogP contribution in [0, 0.1) is 0 Å². The van der Waals surface area contributed by atoms with E-state index in [-0.39, 0.29) is 5.82 Å². The van der Waals surface area contributed by atoms with Crippen LogP contribution in [0.2, 0.25) is 0 Å². The molecule has 0 saturated carbocycles. The maximum Gasteiger partial charge on any atom is 0.433 e. The zero-order valence-corrected chi connectivity index (χ0v) is 9.83. The number of hydrogen-bond donors (Lipinski definition) is 0. The molecule has 0 aliphatic rings. The lowest BCUT2D eigenvalue weighted by molar-refractivity contribution is -0.141. The van der Waals surface area contributed by atoms with E-state index in [1.54, 1.807) is 24.3 Å². The summed E-state index contributed by atoms with van der Waals surface area (Å²) in [6, 6.07) is 7.59. The molecule has 6 heteroatoms. The van der Waals surface area contributed by atoms with Gasteiger partial charge >= 0.3 is 6.18 Å². The summed E-state index contributed by atoms with van der Waals surface area (Å²) in [4.78, 5) is 7.34. The Bertz CT molecular complexity index is 538. The molecule has 1 aromatic carbocycles. The molecule has 0 fully saturated rings. The molecule has 94 valence electrons. The molecular formula is C12H8ClF3N2. The fraction of sp³-hybridized carbons (Fsp3) is 0.167. The predicted octanol–water partition coefficient (Wildman–Crippen LogP) is 3.90. The van der Waals surface area contributed by atoms with E-state index >= 15 is 0 Å². The summed E-state index contributed by atoms with van der Waals surface area (Å²) < 4.78 is 37.5. The van der Waals surface area contributed by atoms with Crippen molar-refractivity contribution in [3.05, 3.63) is 47.8 Å². The second-order valence-electron chi connectivity index (χ2n) is 3.59. The summed E-state index contributed by atoms with van der Waals surface area (Å²) in [5.74, 6) is 0.398. The molecule has 0 aliphatic carbocycles. The van der Waals surface area contributed by atoms with Gasteiger partial charge in [0.1, 0.15) is 5.69 Å². The Balaban J connectivity index is 2.38. The molecule has 0 spiro atoms. The molecule has 2 nitrogen and oxygen atoms in total. The van der Waals surface area contributed by atoms with Gasteiger partial charge in [-0.2, -0.15) is 13.2 Å². The van der Waals surface area contributed by atoms with Crippen molar-refractivity contribution in [2.24, 2.45) is 0 Å². The van der Waals surface area contributed by atoms with Gasteiger partial charge in [0.25, 0.3) is 0 Å². The van der Waals surface area contributed by atoms with Gasteiger partial charge in [-0.1, -0.05) is 24.3 Å². The third kappa shape index (κ3) is 2.79. The molecule has 0 amide bonds. The number of benzene rings is 1.